The summed E-state index contributed by atoms with van der Waals surface area (Å²) >= 11 is 0. The maximum absolute atomic E-state index is 6.33. The van der Waals surface area contributed by atoms with Crippen molar-refractivity contribution in [3.8, 4) is 27.9 Å². The molecule has 0 spiro atoms. The van der Waals surface area contributed by atoms with Crippen LogP contribution < -0.4 is 15.5 Å². The number of fused-ring (bicyclic) bond motifs is 4. The van der Waals surface area contributed by atoms with E-state index in [0.29, 0.717) is 5.95 Å². The SMILES string of the molecule is C=c1/c(=C\C=C/C)oc2cc(N(c3ccc4c5ccccc5n(-c5ccccc5)c4c3)c3ncc(-c4ccc(-c5ccccc5)cc4)cn3)ccc12. The van der Waals surface area contributed by atoms with Crippen molar-refractivity contribution >= 4 is 62.8 Å². The summed E-state index contributed by atoms with van der Waals surface area (Å²) in [5.41, 5.74) is 11.0. The van der Waals surface area contributed by atoms with Crippen molar-refractivity contribution < 1.29 is 4.42 Å². The summed E-state index contributed by atoms with van der Waals surface area (Å²) in [5.74, 6) is 0.549. The van der Waals surface area contributed by atoms with Gasteiger partial charge in [-0.25, -0.2) is 9.97 Å². The van der Waals surface area contributed by atoms with E-state index in [-0.39, 0.29) is 0 Å². The summed E-state index contributed by atoms with van der Waals surface area (Å²) in [6, 6.07) is 50.8. The quantitative estimate of drug-likeness (QED) is 0.169. The second kappa shape index (κ2) is 13.0. The Morgan fingerprint density at radius 3 is 1.92 bits per heavy atom. The fourth-order valence-electron chi connectivity index (χ4n) is 7.02. The number of allylic oxidation sites excluding steroid dienone is 2. The van der Waals surface area contributed by atoms with E-state index < -0.39 is 0 Å². The van der Waals surface area contributed by atoms with Crippen molar-refractivity contribution in [3.05, 3.63) is 181 Å². The molecule has 52 heavy (non-hydrogen) atoms. The molecule has 0 unspecified atom stereocenters. The third kappa shape index (κ3) is 5.45. The van der Waals surface area contributed by atoms with Crippen LogP contribution in [0.4, 0.5) is 17.3 Å². The summed E-state index contributed by atoms with van der Waals surface area (Å²) in [4.78, 5) is 12.1. The third-order valence-corrected chi connectivity index (χ3v) is 9.60. The van der Waals surface area contributed by atoms with Gasteiger partial charge in [0.25, 0.3) is 0 Å². The maximum atomic E-state index is 6.33. The van der Waals surface area contributed by atoms with Crippen LogP contribution in [0.15, 0.2) is 175 Å². The summed E-state index contributed by atoms with van der Waals surface area (Å²) in [6.07, 6.45) is 9.69. The Morgan fingerprint density at radius 1 is 0.596 bits per heavy atom. The van der Waals surface area contributed by atoms with Gasteiger partial charge in [0.15, 0.2) is 0 Å². The summed E-state index contributed by atoms with van der Waals surface area (Å²) in [6.45, 7) is 6.29. The van der Waals surface area contributed by atoms with Crippen LogP contribution in [0.5, 0.6) is 0 Å². The number of hydrogen-bond donors (Lipinski definition) is 0. The van der Waals surface area contributed by atoms with Crippen LogP contribution in [-0.2, 0) is 0 Å². The average molecular weight is 671 g/mol. The van der Waals surface area contributed by atoms with Crippen molar-refractivity contribution in [1.29, 1.82) is 0 Å². The van der Waals surface area contributed by atoms with Crippen molar-refractivity contribution in [2.45, 2.75) is 6.92 Å². The topological polar surface area (TPSA) is 47.1 Å². The highest BCUT2D eigenvalue weighted by molar-refractivity contribution is 6.10. The zero-order valence-electron chi connectivity index (χ0n) is 28.6. The largest absolute Gasteiger partial charge is 0.456 e. The van der Waals surface area contributed by atoms with E-state index in [2.05, 4.69) is 143 Å². The number of nitrogens with zero attached hydrogens (tertiary/aromatic N) is 4. The van der Waals surface area contributed by atoms with Gasteiger partial charge in [0.2, 0.25) is 5.95 Å². The van der Waals surface area contributed by atoms with Gasteiger partial charge in [-0.15, -0.1) is 0 Å². The van der Waals surface area contributed by atoms with Crippen LogP contribution in [0.25, 0.3) is 73.4 Å². The minimum Gasteiger partial charge on any atom is -0.456 e. The first kappa shape index (κ1) is 31.0. The van der Waals surface area contributed by atoms with E-state index in [0.717, 1.165) is 60.8 Å². The number of para-hydroxylation sites is 2. The molecule has 6 aromatic carbocycles. The van der Waals surface area contributed by atoms with Crippen LogP contribution in [0.1, 0.15) is 6.92 Å². The molecular formula is C47H34N4O. The predicted octanol–water partition coefficient (Wildman–Crippen LogP) is 10.9. The summed E-state index contributed by atoms with van der Waals surface area (Å²) in [7, 11) is 0. The molecule has 0 atom stereocenters. The van der Waals surface area contributed by atoms with Gasteiger partial charge < -0.3 is 8.98 Å². The Bertz CT molecular complexity index is 2850. The molecule has 9 rings (SSSR count). The average Bonchev–Trinajstić information content (AvgIpc) is 3.71. The van der Waals surface area contributed by atoms with E-state index in [1.807, 2.05) is 55.7 Å². The lowest BCUT2D eigenvalue weighted by molar-refractivity contribution is 0.576. The first-order valence-corrected chi connectivity index (χ1v) is 17.4. The number of anilines is 3. The Kier molecular flexibility index (Phi) is 7.79. The zero-order chi connectivity index (χ0) is 35.0. The van der Waals surface area contributed by atoms with Crippen LogP contribution in [-0.4, -0.2) is 14.5 Å². The molecule has 3 aromatic heterocycles. The molecule has 0 aliphatic rings. The maximum Gasteiger partial charge on any atom is 0.234 e. The Morgan fingerprint density at radius 2 is 1.19 bits per heavy atom. The molecule has 0 radical (unpaired) electrons. The van der Waals surface area contributed by atoms with Crippen molar-refractivity contribution in [1.82, 2.24) is 14.5 Å². The fraction of sp³-hybridized carbons (Fsp3) is 0.0213. The highest BCUT2D eigenvalue weighted by atomic mass is 16.3. The molecule has 0 aliphatic carbocycles. The Labute approximate surface area is 301 Å². The zero-order valence-corrected chi connectivity index (χ0v) is 28.6. The molecule has 248 valence electrons. The molecule has 0 aliphatic heterocycles. The minimum absolute atomic E-state index is 0.549. The molecule has 0 saturated carbocycles. The first-order valence-electron chi connectivity index (χ1n) is 17.4. The highest BCUT2D eigenvalue weighted by Gasteiger charge is 2.20. The van der Waals surface area contributed by atoms with Gasteiger partial charge in [0.1, 0.15) is 11.0 Å². The molecule has 0 amide bonds. The molecule has 0 bridgehead atoms. The number of furan rings is 1. The number of hydrogen-bond acceptors (Lipinski definition) is 4. The van der Waals surface area contributed by atoms with E-state index >= 15 is 0 Å². The van der Waals surface area contributed by atoms with Crippen LogP contribution in [0, 0.1) is 0 Å². The van der Waals surface area contributed by atoms with Gasteiger partial charge in [-0.1, -0.05) is 116 Å². The third-order valence-electron chi connectivity index (χ3n) is 9.60. The molecule has 0 N–H and O–H groups in total. The Hall–Kier alpha value is -6.98. The van der Waals surface area contributed by atoms with Crippen molar-refractivity contribution in [3.63, 3.8) is 0 Å². The molecule has 5 heteroatoms. The fourth-order valence-corrected chi connectivity index (χ4v) is 7.02. The number of benzene rings is 6. The summed E-state index contributed by atoms with van der Waals surface area (Å²) in [5, 5.41) is 4.20. The van der Waals surface area contributed by atoms with Gasteiger partial charge in [0, 0.05) is 51.1 Å². The highest BCUT2D eigenvalue weighted by Crippen LogP contribution is 2.39. The molecule has 0 fully saturated rings. The van der Waals surface area contributed by atoms with Crippen LogP contribution in [0.3, 0.4) is 0 Å². The monoisotopic (exact) mass is 670 g/mol. The van der Waals surface area contributed by atoms with E-state index in [1.165, 1.54) is 21.9 Å². The standard InChI is InChI=1S/C47H34N4O/c1-3-4-19-45-32(2)40-26-24-39(29-46(40)52-45)50(47-48-30-36(31-49-47)35-22-20-34(21-23-35)33-13-7-5-8-14-33)38-25-27-42-41-17-11-12-18-43(41)51(44(42)28-38)37-15-9-6-10-16-37/h3-31H,2H2,1H3/b4-3-,45-19+. The van der Waals surface area contributed by atoms with Crippen molar-refractivity contribution in [2.24, 2.45) is 0 Å². The lowest BCUT2D eigenvalue weighted by Gasteiger charge is -2.23. The second-order valence-corrected chi connectivity index (χ2v) is 12.8. The molecule has 0 saturated heterocycles. The number of rotatable bonds is 7. The lowest BCUT2D eigenvalue weighted by Crippen LogP contribution is -2.17. The minimum atomic E-state index is 0.549. The van der Waals surface area contributed by atoms with Crippen molar-refractivity contribution in [2.75, 3.05) is 4.90 Å². The van der Waals surface area contributed by atoms with E-state index in [1.54, 1.807) is 0 Å². The first-order chi connectivity index (χ1) is 25.7. The molecular weight excluding hydrogens is 637 g/mol. The van der Waals surface area contributed by atoms with Gasteiger partial charge in [-0.2, -0.15) is 0 Å². The Balaban J connectivity index is 1.19. The normalized spacial score (nSPS) is 12.1. The van der Waals surface area contributed by atoms with Gasteiger partial charge in [-0.3, -0.25) is 4.90 Å². The van der Waals surface area contributed by atoms with Crippen LogP contribution >= 0.6 is 0 Å². The van der Waals surface area contributed by atoms with Gasteiger partial charge >= 0.3 is 0 Å². The second-order valence-electron chi connectivity index (χ2n) is 12.8. The summed E-state index contributed by atoms with van der Waals surface area (Å²) < 4.78 is 8.65. The van der Waals surface area contributed by atoms with Gasteiger partial charge in [0.05, 0.1) is 22.4 Å². The lowest BCUT2D eigenvalue weighted by atomic mass is 10.0. The molecule has 9 aromatic rings. The number of aromatic nitrogens is 3. The molecule has 3 heterocycles. The van der Waals surface area contributed by atoms with E-state index in [4.69, 9.17) is 14.4 Å². The van der Waals surface area contributed by atoms with Crippen LogP contribution in [0.2, 0.25) is 0 Å². The van der Waals surface area contributed by atoms with Gasteiger partial charge in [-0.05, 0) is 72.2 Å². The van der Waals surface area contributed by atoms with E-state index in [9.17, 15) is 0 Å². The predicted molar refractivity (Wildman–Crippen MR) is 216 cm³/mol. The molecule has 5 nitrogen and oxygen atoms in total. The smallest absolute Gasteiger partial charge is 0.234 e.